The second-order valence-corrected chi connectivity index (χ2v) is 6.37. The molecule has 0 aliphatic carbocycles. The van der Waals surface area contributed by atoms with Crippen molar-refractivity contribution in [2.75, 3.05) is 20.2 Å². The number of hydrogen-bond acceptors (Lipinski definition) is 5. The highest BCUT2D eigenvalue weighted by Gasteiger charge is 2.36. The van der Waals surface area contributed by atoms with Gasteiger partial charge in [-0.15, -0.1) is 11.3 Å². The predicted molar refractivity (Wildman–Crippen MR) is 78.3 cm³/mol. The van der Waals surface area contributed by atoms with Crippen LogP contribution in [0.1, 0.15) is 26.5 Å². The van der Waals surface area contributed by atoms with Crippen LogP contribution in [0.5, 0.6) is 0 Å². The van der Waals surface area contributed by atoms with Crippen LogP contribution < -0.4 is 5.32 Å². The summed E-state index contributed by atoms with van der Waals surface area (Å²) in [4.78, 5) is 39.5. The molecule has 0 aromatic carbocycles. The largest absolute Gasteiger partial charge is 0.469 e. The molecule has 0 saturated carbocycles. The molecule has 6 nitrogen and oxygen atoms in total. The normalized spacial score (nSPS) is 18.3. The van der Waals surface area contributed by atoms with Gasteiger partial charge in [0, 0.05) is 22.8 Å². The zero-order valence-corrected chi connectivity index (χ0v) is 13.1. The highest BCUT2D eigenvalue weighted by Crippen LogP contribution is 2.24. The molecule has 1 atom stereocenters. The van der Waals surface area contributed by atoms with E-state index in [1.54, 1.807) is 11.3 Å². The monoisotopic (exact) mass is 310 g/mol. The molecule has 2 rings (SSSR count). The predicted octanol–water partition coefficient (Wildman–Crippen LogP) is 0.869. The van der Waals surface area contributed by atoms with Crippen molar-refractivity contribution in [1.82, 2.24) is 10.2 Å². The molecule has 1 aromatic rings. The van der Waals surface area contributed by atoms with E-state index in [4.69, 9.17) is 0 Å². The van der Waals surface area contributed by atoms with Crippen LogP contribution >= 0.6 is 11.3 Å². The first-order valence-electron chi connectivity index (χ1n) is 6.66. The summed E-state index contributed by atoms with van der Waals surface area (Å²) in [5.74, 6) is -1.03. The Morgan fingerprint density at radius 1 is 1.48 bits per heavy atom. The Bertz CT molecular complexity index is 582. The number of esters is 1. The van der Waals surface area contributed by atoms with Crippen molar-refractivity contribution in [3.8, 4) is 0 Å². The van der Waals surface area contributed by atoms with E-state index in [9.17, 15) is 14.4 Å². The number of amides is 2. The molecule has 1 aromatic heterocycles. The number of carbonyl (C=O) groups is 3. The van der Waals surface area contributed by atoms with Crippen molar-refractivity contribution in [3.63, 3.8) is 0 Å². The maximum Gasteiger partial charge on any atom is 0.308 e. The lowest BCUT2D eigenvalue weighted by atomic mass is 10.1. The van der Waals surface area contributed by atoms with Gasteiger partial charge in [0.1, 0.15) is 6.04 Å². The Labute approximate surface area is 127 Å². The highest BCUT2D eigenvalue weighted by molar-refractivity contribution is 7.12. The van der Waals surface area contributed by atoms with Gasteiger partial charge in [-0.3, -0.25) is 14.4 Å². The number of piperazine rings is 1. The Morgan fingerprint density at radius 2 is 2.19 bits per heavy atom. The lowest BCUT2D eigenvalue weighted by molar-refractivity contribution is -0.145. The van der Waals surface area contributed by atoms with Crippen LogP contribution in [-0.2, 0) is 14.3 Å². The Hall–Kier alpha value is -1.89. The molecule has 0 radical (unpaired) electrons. The molecule has 114 valence electrons. The summed E-state index contributed by atoms with van der Waals surface area (Å²) in [6, 6.07) is 1.02. The maximum atomic E-state index is 12.7. The molecule has 1 N–H and O–H groups in total. The molecule has 1 fully saturated rings. The number of carbonyl (C=O) groups excluding carboxylic acids is 3. The number of rotatable bonds is 3. The maximum absolute atomic E-state index is 12.7. The molecular formula is C14H18N2O4S. The van der Waals surface area contributed by atoms with Crippen molar-refractivity contribution in [1.29, 1.82) is 0 Å². The van der Waals surface area contributed by atoms with Crippen LogP contribution in [-0.4, -0.2) is 48.9 Å². The fourth-order valence-electron chi connectivity index (χ4n) is 2.40. The van der Waals surface area contributed by atoms with Crippen molar-refractivity contribution in [3.05, 3.63) is 21.4 Å². The van der Waals surface area contributed by atoms with Gasteiger partial charge in [0.05, 0.1) is 19.1 Å². The second-order valence-electron chi connectivity index (χ2n) is 4.91. The summed E-state index contributed by atoms with van der Waals surface area (Å²) in [6.07, 6.45) is -0.129. The lowest BCUT2D eigenvalue weighted by Crippen LogP contribution is -2.57. The Morgan fingerprint density at radius 3 is 2.76 bits per heavy atom. The number of thiophene rings is 1. The third kappa shape index (κ3) is 3.24. The first-order chi connectivity index (χ1) is 9.93. The molecule has 7 heteroatoms. The van der Waals surface area contributed by atoms with E-state index in [-0.39, 0.29) is 18.2 Å². The zero-order valence-electron chi connectivity index (χ0n) is 12.3. The molecule has 21 heavy (non-hydrogen) atoms. The molecule has 2 heterocycles. The van der Waals surface area contributed by atoms with Crippen LogP contribution in [0.15, 0.2) is 6.07 Å². The van der Waals surface area contributed by atoms with Gasteiger partial charge in [-0.1, -0.05) is 0 Å². The van der Waals surface area contributed by atoms with Gasteiger partial charge in [0.2, 0.25) is 5.91 Å². The smallest absolute Gasteiger partial charge is 0.308 e. The summed E-state index contributed by atoms with van der Waals surface area (Å²) in [5, 5.41) is 2.68. The van der Waals surface area contributed by atoms with E-state index in [1.165, 1.54) is 12.0 Å². The van der Waals surface area contributed by atoms with Crippen molar-refractivity contribution in [2.24, 2.45) is 0 Å². The standard InChI is InChI=1S/C14H18N2O4S/c1-8-6-10(9(2)21-8)14(19)16-5-4-15-13(18)11(16)7-12(17)20-3/h6,11H,4-5,7H2,1-3H3,(H,15,18)/t11-/m1/s1. The summed E-state index contributed by atoms with van der Waals surface area (Å²) < 4.78 is 4.61. The average Bonchev–Trinajstić information content (AvgIpc) is 2.79. The number of methoxy groups -OCH3 is 1. The summed E-state index contributed by atoms with van der Waals surface area (Å²) >= 11 is 1.54. The number of nitrogens with one attached hydrogen (secondary N) is 1. The minimum atomic E-state index is -0.807. The van der Waals surface area contributed by atoms with Crippen molar-refractivity contribution >= 4 is 29.1 Å². The third-order valence-electron chi connectivity index (χ3n) is 3.45. The Kier molecular flexibility index (Phi) is 4.62. The summed E-state index contributed by atoms with van der Waals surface area (Å²) in [7, 11) is 1.27. The topological polar surface area (TPSA) is 75.7 Å². The minimum absolute atomic E-state index is 0.129. The first-order valence-corrected chi connectivity index (χ1v) is 7.48. The van der Waals surface area contributed by atoms with Crippen molar-refractivity contribution < 1.29 is 19.1 Å². The van der Waals surface area contributed by atoms with E-state index >= 15 is 0 Å². The van der Waals surface area contributed by atoms with Gasteiger partial charge in [0.15, 0.2) is 0 Å². The number of hydrogen-bond donors (Lipinski definition) is 1. The number of ether oxygens (including phenoxy) is 1. The van der Waals surface area contributed by atoms with E-state index in [2.05, 4.69) is 10.1 Å². The van der Waals surface area contributed by atoms with Gasteiger partial charge in [0.25, 0.3) is 5.91 Å². The first kappa shape index (κ1) is 15.5. The van der Waals surface area contributed by atoms with Gasteiger partial charge < -0.3 is 15.0 Å². The molecule has 1 aliphatic heterocycles. The van der Waals surface area contributed by atoms with Crippen LogP contribution in [0.4, 0.5) is 0 Å². The van der Waals surface area contributed by atoms with Gasteiger partial charge >= 0.3 is 5.97 Å². The zero-order chi connectivity index (χ0) is 15.6. The Balaban J connectivity index is 2.25. The molecule has 0 unspecified atom stereocenters. The fraction of sp³-hybridized carbons (Fsp3) is 0.500. The third-order valence-corrected chi connectivity index (χ3v) is 4.42. The molecule has 1 saturated heterocycles. The van der Waals surface area contributed by atoms with Crippen LogP contribution in [0, 0.1) is 13.8 Å². The second kappa shape index (κ2) is 6.26. The number of nitrogens with zero attached hydrogens (tertiary/aromatic N) is 1. The molecule has 2 amide bonds. The van der Waals surface area contributed by atoms with Gasteiger partial charge in [-0.2, -0.15) is 0 Å². The number of aryl methyl sites for hydroxylation is 2. The lowest BCUT2D eigenvalue weighted by Gasteiger charge is -2.34. The fourth-order valence-corrected chi connectivity index (χ4v) is 3.32. The average molecular weight is 310 g/mol. The van der Waals surface area contributed by atoms with Crippen LogP contribution in [0.25, 0.3) is 0 Å². The van der Waals surface area contributed by atoms with Gasteiger partial charge in [-0.25, -0.2) is 0 Å². The van der Waals surface area contributed by atoms with Gasteiger partial charge in [-0.05, 0) is 19.9 Å². The summed E-state index contributed by atoms with van der Waals surface area (Å²) in [5.41, 5.74) is 0.599. The van der Waals surface area contributed by atoms with E-state index in [1.807, 2.05) is 19.9 Å². The minimum Gasteiger partial charge on any atom is -0.469 e. The van der Waals surface area contributed by atoms with Crippen LogP contribution in [0.2, 0.25) is 0 Å². The highest BCUT2D eigenvalue weighted by atomic mass is 32.1. The van der Waals surface area contributed by atoms with Crippen molar-refractivity contribution in [2.45, 2.75) is 26.3 Å². The van der Waals surface area contributed by atoms with E-state index < -0.39 is 12.0 Å². The van der Waals surface area contributed by atoms with E-state index in [0.717, 1.165) is 9.75 Å². The SMILES string of the molecule is COC(=O)C[C@@H]1C(=O)NCCN1C(=O)c1cc(C)sc1C. The molecule has 0 spiro atoms. The summed E-state index contributed by atoms with van der Waals surface area (Å²) in [6.45, 7) is 4.60. The quantitative estimate of drug-likeness (QED) is 0.841. The van der Waals surface area contributed by atoms with Crippen LogP contribution in [0.3, 0.4) is 0 Å². The van der Waals surface area contributed by atoms with E-state index in [0.29, 0.717) is 18.7 Å². The molecular weight excluding hydrogens is 292 g/mol. The molecule has 0 bridgehead atoms. The molecule has 1 aliphatic rings.